The monoisotopic (exact) mass is 424 g/mol. The quantitative estimate of drug-likeness (QED) is 0.634. The molecule has 3 heterocycles. The van der Waals surface area contributed by atoms with E-state index in [1.54, 1.807) is 6.92 Å². The molecular weight excluding hydrogens is 396 g/mol. The topological polar surface area (TPSA) is 97.7 Å². The van der Waals surface area contributed by atoms with Gasteiger partial charge in [0.25, 0.3) is 11.5 Å². The Morgan fingerprint density at radius 1 is 1.29 bits per heavy atom. The number of benzene rings is 1. The summed E-state index contributed by atoms with van der Waals surface area (Å²) in [5.74, 6) is 0.780. The van der Waals surface area contributed by atoms with Gasteiger partial charge in [-0.3, -0.25) is 14.7 Å². The fraction of sp³-hybridized carbons (Fsp3) is 0.435. The van der Waals surface area contributed by atoms with E-state index in [-0.39, 0.29) is 18.1 Å². The lowest BCUT2D eigenvalue weighted by Crippen LogP contribution is -2.32. The van der Waals surface area contributed by atoms with Crippen molar-refractivity contribution in [3.8, 4) is 5.75 Å². The van der Waals surface area contributed by atoms with Crippen molar-refractivity contribution in [1.29, 1.82) is 0 Å². The summed E-state index contributed by atoms with van der Waals surface area (Å²) in [4.78, 5) is 29.6. The Morgan fingerprint density at radius 3 is 2.71 bits per heavy atom. The minimum atomic E-state index is -0.423. The van der Waals surface area contributed by atoms with Crippen LogP contribution in [-0.2, 0) is 9.53 Å². The third kappa shape index (κ3) is 4.64. The predicted molar refractivity (Wildman–Crippen MR) is 117 cm³/mol. The van der Waals surface area contributed by atoms with Crippen molar-refractivity contribution in [2.45, 2.75) is 45.6 Å². The standard InChI is InChI=1S/C23H28N4O4/c1-14-5-4-6-15(2)23(14)31-13-21(28)24-16(3)18-12-22(29)27-20(25-18)11-19(26-27)17-7-9-30-10-8-17/h4-6,11-12,16-17,26H,7-10,13H2,1-3H3,(H,24,28). The van der Waals surface area contributed by atoms with Crippen LogP contribution in [0.3, 0.4) is 0 Å². The van der Waals surface area contributed by atoms with Gasteiger partial charge in [-0.2, -0.15) is 0 Å². The highest BCUT2D eigenvalue weighted by Gasteiger charge is 2.20. The van der Waals surface area contributed by atoms with Crippen LogP contribution in [-0.4, -0.2) is 40.3 Å². The number of hydrogen-bond acceptors (Lipinski definition) is 5. The number of aromatic nitrogens is 3. The molecule has 0 radical (unpaired) electrons. The van der Waals surface area contributed by atoms with Crippen LogP contribution in [0.2, 0.25) is 0 Å². The molecule has 8 heteroatoms. The van der Waals surface area contributed by atoms with Crippen molar-refractivity contribution < 1.29 is 14.3 Å². The highest BCUT2D eigenvalue weighted by atomic mass is 16.5. The first kappa shape index (κ1) is 21.1. The molecule has 0 saturated carbocycles. The number of nitrogens with one attached hydrogen (secondary N) is 2. The maximum absolute atomic E-state index is 12.6. The number of rotatable bonds is 6. The van der Waals surface area contributed by atoms with Crippen molar-refractivity contribution in [2.75, 3.05) is 19.8 Å². The Morgan fingerprint density at radius 2 is 2.00 bits per heavy atom. The van der Waals surface area contributed by atoms with Gasteiger partial charge in [0.05, 0.1) is 11.7 Å². The highest BCUT2D eigenvalue weighted by molar-refractivity contribution is 5.78. The number of carbonyl (C=O) groups excluding carboxylic acids is 1. The maximum Gasteiger partial charge on any atom is 0.272 e. The summed E-state index contributed by atoms with van der Waals surface area (Å²) in [5.41, 5.74) is 3.82. The first-order valence-electron chi connectivity index (χ1n) is 10.6. The minimum Gasteiger partial charge on any atom is -0.483 e. The van der Waals surface area contributed by atoms with E-state index in [2.05, 4.69) is 15.4 Å². The fourth-order valence-corrected chi connectivity index (χ4v) is 3.99. The second kappa shape index (κ2) is 8.93. The number of hydrogen-bond donors (Lipinski definition) is 2. The van der Waals surface area contributed by atoms with Gasteiger partial charge in [-0.1, -0.05) is 18.2 Å². The first-order valence-corrected chi connectivity index (χ1v) is 10.6. The lowest BCUT2D eigenvalue weighted by Gasteiger charge is -2.20. The molecule has 3 aromatic rings. The summed E-state index contributed by atoms with van der Waals surface area (Å²) >= 11 is 0. The lowest BCUT2D eigenvalue weighted by atomic mass is 9.97. The summed E-state index contributed by atoms with van der Waals surface area (Å²) in [7, 11) is 0. The molecule has 0 spiro atoms. The van der Waals surface area contributed by atoms with E-state index >= 15 is 0 Å². The normalized spacial score (nSPS) is 15.7. The first-order chi connectivity index (χ1) is 14.9. The Kier molecular flexibility index (Phi) is 6.08. The molecule has 2 aromatic heterocycles. The van der Waals surface area contributed by atoms with E-state index in [0.29, 0.717) is 17.3 Å². The molecule has 8 nitrogen and oxygen atoms in total. The Balaban J connectivity index is 1.45. The van der Waals surface area contributed by atoms with Gasteiger partial charge < -0.3 is 14.8 Å². The van der Waals surface area contributed by atoms with Gasteiger partial charge in [-0.15, -0.1) is 0 Å². The van der Waals surface area contributed by atoms with E-state index in [0.717, 1.165) is 48.6 Å². The van der Waals surface area contributed by atoms with Crippen LogP contribution in [0.5, 0.6) is 5.75 Å². The molecule has 31 heavy (non-hydrogen) atoms. The van der Waals surface area contributed by atoms with E-state index in [9.17, 15) is 9.59 Å². The number of aromatic amines is 1. The molecule has 2 N–H and O–H groups in total. The van der Waals surface area contributed by atoms with Gasteiger partial charge in [-0.25, -0.2) is 9.50 Å². The van der Waals surface area contributed by atoms with Gasteiger partial charge in [-0.05, 0) is 44.7 Å². The van der Waals surface area contributed by atoms with Crippen LogP contribution < -0.4 is 15.6 Å². The van der Waals surface area contributed by atoms with Crippen LogP contribution in [0.4, 0.5) is 0 Å². The van der Waals surface area contributed by atoms with Crippen molar-refractivity contribution in [3.63, 3.8) is 0 Å². The Bertz CT molecular complexity index is 1120. The van der Waals surface area contributed by atoms with Crippen LogP contribution in [0.25, 0.3) is 5.65 Å². The third-order valence-corrected chi connectivity index (χ3v) is 5.73. The Hall–Kier alpha value is -3.13. The molecule has 164 valence electrons. The Labute approximate surface area is 180 Å². The van der Waals surface area contributed by atoms with Crippen molar-refractivity contribution in [1.82, 2.24) is 19.9 Å². The summed E-state index contributed by atoms with van der Waals surface area (Å²) < 4.78 is 12.6. The number of fused-ring (bicyclic) bond motifs is 1. The van der Waals surface area contributed by atoms with Crippen molar-refractivity contribution >= 4 is 11.6 Å². The molecule has 0 bridgehead atoms. The van der Waals surface area contributed by atoms with Crippen LogP contribution >= 0.6 is 0 Å². The third-order valence-electron chi connectivity index (χ3n) is 5.73. The summed E-state index contributed by atoms with van der Waals surface area (Å²) in [5, 5.41) is 6.03. The smallest absolute Gasteiger partial charge is 0.272 e. The molecule has 1 aliphatic rings. The number of amides is 1. The second-order valence-corrected chi connectivity index (χ2v) is 8.11. The van der Waals surface area contributed by atoms with Gasteiger partial charge in [0.1, 0.15) is 5.75 Å². The zero-order valence-corrected chi connectivity index (χ0v) is 18.1. The molecule has 1 aliphatic heterocycles. The van der Waals surface area contributed by atoms with Crippen LogP contribution in [0.1, 0.15) is 54.2 Å². The van der Waals surface area contributed by atoms with Gasteiger partial charge in [0, 0.05) is 37.0 Å². The molecule has 1 fully saturated rings. The van der Waals surface area contributed by atoms with Gasteiger partial charge >= 0.3 is 0 Å². The fourth-order valence-electron chi connectivity index (χ4n) is 3.99. The molecule has 1 saturated heterocycles. The second-order valence-electron chi connectivity index (χ2n) is 8.11. The number of H-pyrrole nitrogens is 1. The number of ether oxygens (including phenoxy) is 2. The van der Waals surface area contributed by atoms with Crippen LogP contribution in [0.15, 0.2) is 35.1 Å². The molecule has 1 amide bonds. The number of nitrogens with zero attached hydrogens (tertiary/aromatic N) is 2. The zero-order valence-electron chi connectivity index (χ0n) is 18.1. The minimum absolute atomic E-state index is 0.102. The molecule has 1 aromatic carbocycles. The average Bonchev–Trinajstić information content (AvgIpc) is 3.19. The predicted octanol–water partition coefficient (Wildman–Crippen LogP) is 2.79. The maximum atomic E-state index is 12.6. The molecule has 1 unspecified atom stereocenters. The molecule has 0 aliphatic carbocycles. The van der Waals surface area contributed by atoms with E-state index in [1.165, 1.54) is 10.6 Å². The van der Waals surface area contributed by atoms with E-state index < -0.39 is 6.04 Å². The van der Waals surface area contributed by atoms with E-state index in [4.69, 9.17) is 9.47 Å². The number of aryl methyl sites for hydroxylation is 2. The summed E-state index contributed by atoms with van der Waals surface area (Å²) in [6, 6.07) is 8.79. The highest BCUT2D eigenvalue weighted by Crippen LogP contribution is 2.26. The SMILES string of the molecule is Cc1cccc(C)c1OCC(=O)NC(C)c1cc(=O)n2[nH]c(C3CCOCC3)cc2n1. The van der Waals surface area contributed by atoms with Crippen molar-refractivity contribution in [3.05, 3.63) is 63.2 Å². The molecule has 4 rings (SSSR count). The van der Waals surface area contributed by atoms with E-state index in [1.807, 2.05) is 38.1 Å². The number of carbonyl (C=O) groups is 1. The molecular formula is C23H28N4O4. The van der Waals surface area contributed by atoms with Crippen LogP contribution in [0, 0.1) is 13.8 Å². The lowest BCUT2D eigenvalue weighted by molar-refractivity contribution is -0.123. The molecule has 1 atom stereocenters. The van der Waals surface area contributed by atoms with Gasteiger partial charge in [0.15, 0.2) is 12.3 Å². The zero-order chi connectivity index (χ0) is 22.0. The van der Waals surface area contributed by atoms with Gasteiger partial charge in [0.2, 0.25) is 0 Å². The average molecular weight is 425 g/mol. The summed E-state index contributed by atoms with van der Waals surface area (Å²) in [6.45, 7) is 7.04. The van der Waals surface area contributed by atoms with Crippen molar-refractivity contribution in [2.24, 2.45) is 0 Å². The largest absolute Gasteiger partial charge is 0.483 e. The number of para-hydroxylation sites is 1. The summed E-state index contributed by atoms with van der Waals surface area (Å²) in [6.07, 6.45) is 1.84.